The molecule has 0 saturated heterocycles. The third-order valence-electron chi connectivity index (χ3n) is 2.70. The number of amides is 1. The molecule has 1 aliphatic heterocycles. The number of nitrogens with zero attached hydrogens (tertiary/aromatic N) is 1. The van der Waals surface area contributed by atoms with Crippen LogP contribution >= 0.6 is 15.9 Å². The van der Waals surface area contributed by atoms with Crippen LogP contribution in [-0.2, 0) is 16.1 Å². The normalized spacial score (nSPS) is 17.8. The molecule has 1 heterocycles. The predicted octanol–water partition coefficient (Wildman–Crippen LogP) is 1.81. The lowest BCUT2D eigenvalue weighted by molar-refractivity contribution is -0.169. The van der Waals surface area contributed by atoms with Gasteiger partial charge in [-0.1, -0.05) is 15.9 Å². The van der Waals surface area contributed by atoms with Crippen LogP contribution < -0.4 is 5.32 Å². The van der Waals surface area contributed by atoms with E-state index in [2.05, 4.69) is 21.2 Å². The van der Waals surface area contributed by atoms with Crippen LogP contribution in [0.15, 0.2) is 22.7 Å². The average Bonchev–Trinajstić information content (AvgIpc) is 2.69. The first kappa shape index (κ1) is 11.4. The molecule has 0 aromatic heterocycles. The van der Waals surface area contributed by atoms with Crippen molar-refractivity contribution in [3.05, 3.63) is 28.2 Å². The third-order valence-corrected chi connectivity index (χ3v) is 3.20. The molecule has 0 unspecified atom stereocenters. The van der Waals surface area contributed by atoms with Crippen molar-refractivity contribution in [2.24, 2.45) is 0 Å². The van der Waals surface area contributed by atoms with Crippen molar-refractivity contribution < 1.29 is 9.63 Å². The molecule has 0 radical (unpaired) electrons. The summed E-state index contributed by atoms with van der Waals surface area (Å²) in [5, 5.41) is 4.43. The van der Waals surface area contributed by atoms with Gasteiger partial charge in [-0.15, -0.1) is 0 Å². The second-order valence-electron chi connectivity index (χ2n) is 3.72. The molecule has 0 fully saturated rings. The minimum atomic E-state index is -0.228. The van der Waals surface area contributed by atoms with Crippen molar-refractivity contribution in [3.63, 3.8) is 0 Å². The summed E-state index contributed by atoms with van der Waals surface area (Å²) in [5.74, 6) is -0.0603. The number of carbonyl (C=O) groups is 1. The van der Waals surface area contributed by atoms with Crippen LogP contribution in [0.3, 0.4) is 0 Å². The van der Waals surface area contributed by atoms with E-state index in [0.717, 1.165) is 15.7 Å². The first-order valence-corrected chi connectivity index (χ1v) is 5.77. The number of hydrogen-bond donors (Lipinski definition) is 1. The summed E-state index contributed by atoms with van der Waals surface area (Å²) in [4.78, 5) is 16.7. The van der Waals surface area contributed by atoms with Crippen LogP contribution in [0.2, 0.25) is 0 Å². The van der Waals surface area contributed by atoms with Gasteiger partial charge in [-0.3, -0.25) is 9.63 Å². The highest BCUT2D eigenvalue weighted by molar-refractivity contribution is 9.10. The molecule has 1 aliphatic rings. The van der Waals surface area contributed by atoms with Gasteiger partial charge in [0, 0.05) is 23.6 Å². The fraction of sp³-hybridized carbons (Fsp3) is 0.364. The van der Waals surface area contributed by atoms with Gasteiger partial charge < -0.3 is 5.32 Å². The van der Waals surface area contributed by atoms with E-state index in [0.29, 0.717) is 6.42 Å². The van der Waals surface area contributed by atoms with Gasteiger partial charge in [-0.2, -0.15) is 0 Å². The van der Waals surface area contributed by atoms with Crippen molar-refractivity contribution in [3.8, 4) is 0 Å². The quantitative estimate of drug-likeness (QED) is 0.843. The Morgan fingerprint density at radius 2 is 2.38 bits per heavy atom. The van der Waals surface area contributed by atoms with Gasteiger partial charge in [0.2, 0.25) is 0 Å². The number of hydrogen-bond acceptors (Lipinski definition) is 3. The number of benzene rings is 1. The molecule has 2 rings (SSSR count). The van der Waals surface area contributed by atoms with Crippen LogP contribution in [0.1, 0.15) is 5.56 Å². The molecule has 1 atom stereocenters. The van der Waals surface area contributed by atoms with E-state index in [1.165, 1.54) is 12.2 Å². The van der Waals surface area contributed by atoms with Gasteiger partial charge in [0.15, 0.2) is 0 Å². The summed E-state index contributed by atoms with van der Waals surface area (Å²) in [6, 6.07) is 5.73. The maximum Gasteiger partial charge on any atom is 0.268 e. The van der Waals surface area contributed by atoms with Crippen molar-refractivity contribution in [2.45, 2.75) is 12.5 Å². The lowest BCUT2D eigenvalue weighted by atomic mass is 10.1. The molecule has 5 heteroatoms. The van der Waals surface area contributed by atoms with Crippen molar-refractivity contribution in [2.75, 3.05) is 19.5 Å². The van der Waals surface area contributed by atoms with Crippen molar-refractivity contribution in [1.82, 2.24) is 5.06 Å². The molecule has 0 aliphatic carbocycles. The summed E-state index contributed by atoms with van der Waals surface area (Å²) in [7, 11) is 3.10. The van der Waals surface area contributed by atoms with Gasteiger partial charge in [-0.25, -0.2) is 5.06 Å². The monoisotopic (exact) mass is 284 g/mol. The highest BCUT2D eigenvalue weighted by Gasteiger charge is 2.29. The molecular formula is C11H13BrN2O2. The topological polar surface area (TPSA) is 41.6 Å². The van der Waals surface area contributed by atoms with E-state index in [4.69, 9.17) is 4.84 Å². The van der Waals surface area contributed by atoms with Crippen LogP contribution in [0.5, 0.6) is 0 Å². The highest BCUT2D eigenvalue weighted by atomic mass is 79.9. The number of halogens is 1. The minimum absolute atomic E-state index is 0.0603. The molecule has 1 N–H and O–H groups in total. The molecule has 16 heavy (non-hydrogen) atoms. The number of fused-ring (bicyclic) bond motifs is 1. The van der Waals surface area contributed by atoms with Crippen LogP contribution in [0, 0.1) is 0 Å². The highest BCUT2D eigenvalue weighted by Crippen LogP contribution is 2.29. The largest absolute Gasteiger partial charge is 0.373 e. The Kier molecular flexibility index (Phi) is 3.16. The minimum Gasteiger partial charge on any atom is -0.373 e. The van der Waals surface area contributed by atoms with Crippen LogP contribution in [0.25, 0.3) is 0 Å². The van der Waals surface area contributed by atoms with Crippen LogP contribution in [0.4, 0.5) is 5.69 Å². The summed E-state index contributed by atoms with van der Waals surface area (Å²) in [6.07, 6.45) is 0.696. The lowest BCUT2D eigenvalue weighted by Crippen LogP contribution is -2.39. The lowest BCUT2D eigenvalue weighted by Gasteiger charge is -2.18. The Hall–Kier alpha value is -1.07. The first-order valence-electron chi connectivity index (χ1n) is 4.98. The Morgan fingerprint density at radius 1 is 1.62 bits per heavy atom. The van der Waals surface area contributed by atoms with Crippen molar-refractivity contribution >= 4 is 27.5 Å². The van der Waals surface area contributed by atoms with Crippen molar-refractivity contribution in [1.29, 1.82) is 0 Å². The van der Waals surface area contributed by atoms with Gasteiger partial charge in [0.25, 0.3) is 5.91 Å². The Morgan fingerprint density at radius 3 is 3.06 bits per heavy atom. The maximum absolute atomic E-state index is 11.9. The standard InChI is InChI=1S/C11H13BrN2O2/c1-14(16-2)11(15)10-6-7-5-8(12)3-4-9(7)13-10/h3-5,10,13H,6H2,1-2H3/t10-/m0/s1. The van der Waals surface area contributed by atoms with E-state index >= 15 is 0 Å². The van der Waals surface area contributed by atoms with Gasteiger partial charge in [0.1, 0.15) is 6.04 Å². The maximum atomic E-state index is 11.9. The molecule has 0 bridgehead atoms. The molecule has 4 nitrogen and oxygen atoms in total. The Balaban J connectivity index is 2.14. The summed E-state index contributed by atoms with van der Waals surface area (Å²) in [5.41, 5.74) is 2.17. The van der Waals surface area contributed by atoms with Gasteiger partial charge >= 0.3 is 0 Å². The predicted molar refractivity (Wildman–Crippen MR) is 65.0 cm³/mol. The average molecular weight is 285 g/mol. The fourth-order valence-corrected chi connectivity index (χ4v) is 2.20. The molecule has 1 amide bonds. The number of hydroxylamine groups is 2. The van der Waals surface area contributed by atoms with E-state index in [1.54, 1.807) is 7.05 Å². The fourth-order valence-electron chi connectivity index (χ4n) is 1.79. The van der Waals surface area contributed by atoms with Gasteiger partial charge in [0.05, 0.1) is 7.11 Å². The summed E-state index contributed by atoms with van der Waals surface area (Å²) >= 11 is 3.42. The van der Waals surface area contributed by atoms with E-state index in [-0.39, 0.29) is 11.9 Å². The number of likely N-dealkylation sites (N-methyl/N-ethyl adjacent to an activating group) is 1. The van der Waals surface area contributed by atoms with Gasteiger partial charge in [-0.05, 0) is 23.8 Å². The Labute approximate surface area is 103 Å². The molecule has 1 aromatic carbocycles. The van der Waals surface area contributed by atoms with E-state index < -0.39 is 0 Å². The molecular weight excluding hydrogens is 272 g/mol. The summed E-state index contributed by atoms with van der Waals surface area (Å²) in [6.45, 7) is 0. The zero-order valence-corrected chi connectivity index (χ0v) is 10.7. The molecule has 86 valence electrons. The molecule has 0 saturated carbocycles. The number of rotatable bonds is 2. The summed E-state index contributed by atoms with van der Waals surface area (Å²) < 4.78 is 1.03. The van der Waals surface area contributed by atoms with E-state index in [1.807, 2.05) is 18.2 Å². The molecule has 0 spiro atoms. The SMILES string of the molecule is CON(C)C(=O)[C@@H]1Cc2cc(Br)ccc2N1. The van der Waals surface area contributed by atoms with E-state index in [9.17, 15) is 4.79 Å². The number of anilines is 1. The zero-order chi connectivity index (χ0) is 11.7. The Bertz CT molecular complexity index is 422. The zero-order valence-electron chi connectivity index (χ0n) is 9.16. The third kappa shape index (κ3) is 2.05. The smallest absolute Gasteiger partial charge is 0.268 e. The molecule has 1 aromatic rings. The second kappa shape index (κ2) is 4.43. The number of nitrogens with one attached hydrogen (secondary N) is 1. The first-order chi connectivity index (χ1) is 7.61. The van der Waals surface area contributed by atoms with Crippen LogP contribution in [-0.4, -0.2) is 31.2 Å². The second-order valence-corrected chi connectivity index (χ2v) is 4.64. The number of carbonyl (C=O) groups excluding carboxylic acids is 1.